The van der Waals surface area contributed by atoms with Crippen molar-refractivity contribution in [1.29, 1.82) is 0 Å². The maximum atomic E-state index is 11.7. The number of nitrogens with zero attached hydrogens (tertiary/aromatic N) is 2. The van der Waals surface area contributed by atoms with Crippen LogP contribution in [0.5, 0.6) is 0 Å². The summed E-state index contributed by atoms with van der Waals surface area (Å²) < 4.78 is 29.7. The van der Waals surface area contributed by atoms with E-state index in [0.717, 1.165) is 0 Å². The molecular weight excluding hydrogens is 218 g/mol. The van der Waals surface area contributed by atoms with E-state index in [1.165, 1.54) is 6.20 Å². The second-order valence-electron chi connectivity index (χ2n) is 3.22. The lowest BCUT2D eigenvalue weighted by atomic mass is 10.2. The van der Waals surface area contributed by atoms with E-state index in [0.29, 0.717) is 12.1 Å². The number of ketones is 1. The van der Waals surface area contributed by atoms with Crippen LogP contribution in [-0.2, 0) is 11.3 Å². The Morgan fingerprint density at radius 3 is 2.94 bits per heavy atom. The van der Waals surface area contributed by atoms with Crippen LogP contribution >= 0.6 is 0 Å². The molecule has 0 amide bonds. The first-order valence-corrected chi connectivity index (χ1v) is 5.05. The van der Waals surface area contributed by atoms with Crippen LogP contribution in [0.2, 0.25) is 0 Å². The van der Waals surface area contributed by atoms with Crippen molar-refractivity contribution in [2.24, 2.45) is 0 Å². The molecule has 0 radical (unpaired) electrons. The SMILES string of the molecule is CCn1cc(C(=O)CCOCC(F)F)cn1. The molecule has 0 aliphatic heterocycles. The Bertz CT molecular complexity index is 339. The smallest absolute Gasteiger partial charge is 0.261 e. The molecule has 0 aromatic carbocycles. The van der Waals surface area contributed by atoms with E-state index in [1.807, 2.05) is 6.92 Å². The Labute approximate surface area is 92.2 Å². The summed E-state index contributed by atoms with van der Waals surface area (Å²) in [6.45, 7) is 1.99. The summed E-state index contributed by atoms with van der Waals surface area (Å²) >= 11 is 0. The monoisotopic (exact) mass is 232 g/mol. The quantitative estimate of drug-likeness (QED) is 0.531. The van der Waals surface area contributed by atoms with Crippen LogP contribution in [-0.4, -0.2) is 35.2 Å². The fourth-order valence-corrected chi connectivity index (χ4v) is 1.16. The molecule has 1 heterocycles. The molecule has 0 N–H and O–H groups in total. The van der Waals surface area contributed by atoms with Crippen LogP contribution < -0.4 is 0 Å². The Balaban J connectivity index is 2.29. The first-order chi connectivity index (χ1) is 7.63. The summed E-state index contributed by atoms with van der Waals surface area (Å²) in [5.74, 6) is -0.144. The zero-order chi connectivity index (χ0) is 12.0. The molecule has 1 aromatic rings. The van der Waals surface area contributed by atoms with Gasteiger partial charge in [-0.05, 0) is 6.92 Å². The lowest BCUT2D eigenvalue weighted by Gasteiger charge is -2.01. The average molecular weight is 232 g/mol. The highest BCUT2D eigenvalue weighted by Gasteiger charge is 2.09. The maximum Gasteiger partial charge on any atom is 0.261 e. The molecule has 1 rings (SSSR count). The molecule has 16 heavy (non-hydrogen) atoms. The van der Waals surface area contributed by atoms with Gasteiger partial charge in [0.25, 0.3) is 6.43 Å². The van der Waals surface area contributed by atoms with Crippen molar-refractivity contribution in [3.05, 3.63) is 18.0 Å². The van der Waals surface area contributed by atoms with Crippen molar-refractivity contribution < 1.29 is 18.3 Å². The third-order valence-electron chi connectivity index (χ3n) is 2.00. The third-order valence-corrected chi connectivity index (χ3v) is 2.00. The molecule has 0 unspecified atom stereocenters. The van der Waals surface area contributed by atoms with E-state index in [-0.39, 0.29) is 18.8 Å². The van der Waals surface area contributed by atoms with Crippen LogP contribution in [0.4, 0.5) is 8.78 Å². The van der Waals surface area contributed by atoms with Gasteiger partial charge >= 0.3 is 0 Å². The number of alkyl halides is 2. The lowest BCUT2D eigenvalue weighted by Crippen LogP contribution is -2.09. The molecule has 0 bridgehead atoms. The zero-order valence-electron chi connectivity index (χ0n) is 9.03. The van der Waals surface area contributed by atoms with Crippen LogP contribution in [0.3, 0.4) is 0 Å². The van der Waals surface area contributed by atoms with Crippen LogP contribution in [0, 0.1) is 0 Å². The van der Waals surface area contributed by atoms with Crippen LogP contribution in [0.15, 0.2) is 12.4 Å². The van der Waals surface area contributed by atoms with Crippen molar-refractivity contribution >= 4 is 5.78 Å². The predicted molar refractivity (Wildman–Crippen MR) is 53.7 cm³/mol. The second-order valence-corrected chi connectivity index (χ2v) is 3.22. The van der Waals surface area contributed by atoms with Gasteiger partial charge in [0.05, 0.1) is 18.4 Å². The van der Waals surface area contributed by atoms with Gasteiger partial charge in [-0.25, -0.2) is 8.78 Å². The fourth-order valence-electron chi connectivity index (χ4n) is 1.16. The van der Waals surface area contributed by atoms with Gasteiger partial charge in [0.1, 0.15) is 6.61 Å². The number of Topliss-reactive ketones (excluding diaryl/α,β-unsaturated/α-hetero) is 1. The molecule has 0 fully saturated rings. The molecule has 0 aliphatic rings. The topological polar surface area (TPSA) is 44.1 Å². The molecule has 6 heteroatoms. The highest BCUT2D eigenvalue weighted by molar-refractivity contribution is 5.95. The number of carbonyl (C=O) groups is 1. The van der Waals surface area contributed by atoms with Crippen molar-refractivity contribution in [3.8, 4) is 0 Å². The molecule has 0 saturated heterocycles. The van der Waals surface area contributed by atoms with Gasteiger partial charge in [-0.15, -0.1) is 0 Å². The Morgan fingerprint density at radius 2 is 2.38 bits per heavy atom. The zero-order valence-corrected chi connectivity index (χ0v) is 9.03. The predicted octanol–water partition coefficient (Wildman–Crippen LogP) is 1.76. The minimum atomic E-state index is -2.49. The van der Waals surface area contributed by atoms with E-state index >= 15 is 0 Å². The van der Waals surface area contributed by atoms with Gasteiger partial charge in [-0.3, -0.25) is 9.48 Å². The molecule has 0 atom stereocenters. The van der Waals surface area contributed by atoms with E-state index in [2.05, 4.69) is 9.84 Å². The lowest BCUT2D eigenvalue weighted by molar-refractivity contribution is 0.0170. The van der Waals surface area contributed by atoms with E-state index in [1.54, 1.807) is 10.9 Å². The number of aromatic nitrogens is 2. The molecular formula is C10H14F2N2O2. The Morgan fingerprint density at radius 1 is 1.62 bits per heavy atom. The van der Waals surface area contributed by atoms with Gasteiger partial charge in [0, 0.05) is 19.2 Å². The van der Waals surface area contributed by atoms with Crippen molar-refractivity contribution in [1.82, 2.24) is 9.78 Å². The van der Waals surface area contributed by atoms with Gasteiger partial charge < -0.3 is 4.74 Å². The van der Waals surface area contributed by atoms with Gasteiger partial charge in [0.15, 0.2) is 5.78 Å². The normalized spacial score (nSPS) is 11.0. The number of rotatable bonds is 7. The van der Waals surface area contributed by atoms with E-state index < -0.39 is 13.0 Å². The summed E-state index contributed by atoms with van der Waals surface area (Å²) in [6, 6.07) is 0. The molecule has 90 valence electrons. The number of halogens is 2. The first-order valence-electron chi connectivity index (χ1n) is 5.05. The summed E-state index contributed by atoms with van der Waals surface area (Å²) in [5.41, 5.74) is 0.488. The second kappa shape index (κ2) is 6.32. The maximum absolute atomic E-state index is 11.7. The molecule has 0 spiro atoms. The largest absolute Gasteiger partial charge is 0.375 e. The van der Waals surface area contributed by atoms with Crippen molar-refractivity contribution in [2.75, 3.05) is 13.2 Å². The third kappa shape index (κ3) is 4.06. The summed E-state index contributed by atoms with van der Waals surface area (Å²) in [5, 5.41) is 3.95. The van der Waals surface area contributed by atoms with E-state index in [4.69, 9.17) is 0 Å². The molecule has 0 saturated carbocycles. The van der Waals surface area contributed by atoms with Gasteiger partial charge in [0.2, 0.25) is 0 Å². The summed E-state index contributed by atoms with van der Waals surface area (Å²) in [6.07, 6.45) is 0.717. The number of hydrogen-bond acceptors (Lipinski definition) is 3. The first kappa shape index (κ1) is 12.8. The fraction of sp³-hybridized carbons (Fsp3) is 0.600. The molecule has 4 nitrogen and oxygen atoms in total. The van der Waals surface area contributed by atoms with Crippen molar-refractivity contribution in [2.45, 2.75) is 26.3 Å². The Kier molecular flexibility index (Phi) is 5.04. The highest BCUT2D eigenvalue weighted by Crippen LogP contribution is 2.03. The Hall–Kier alpha value is -1.30. The van der Waals surface area contributed by atoms with E-state index in [9.17, 15) is 13.6 Å². The summed E-state index contributed by atoms with van der Waals surface area (Å²) in [4.78, 5) is 11.5. The highest BCUT2D eigenvalue weighted by atomic mass is 19.3. The molecule has 0 aliphatic carbocycles. The minimum absolute atomic E-state index is 0.0144. The number of carbonyl (C=O) groups excluding carboxylic acids is 1. The molecule has 1 aromatic heterocycles. The minimum Gasteiger partial charge on any atom is -0.375 e. The number of ether oxygens (including phenoxy) is 1. The van der Waals surface area contributed by atoms with Crippen LogP contribution in [0.25, 0.3) is 0 Å². The van der Waals surface area contributed by atoms with Crippen LogP contribution in [0.1, 0.15) is 23.7 Å². The number of aryl methyl sites for hydroxylation is 1. The number of hydrogen-bond donors (Lipinski definition) is 0. The van der Waals surface area contributed by atoms with Gasteiger partial charge in [-0.1, -0.05) is 0 Å². The summed E-state index contributed by atoms with van der Waals surface area (Å²) in [7, 11) is 0. The van der Waals surface area contributed by atoms with Gasteiger partial charge in [-0.2, -0.15) is 5.10 Å². The standard InChI is InChI=1S/C10H14F2N2O2/c1-2-14-6-8(5-13-14)9(15)3-4-16-7-10(11)12/h5-6,10H,2-4,7H2,1H3. The average Bonchev–Trinajstić information content (AvgIpc) is 2.72. The van der Waals surface area contributed by atoms with Crippen molar-refractivity contribution in [3.63, 3.8) is 0 Å².